The fraction of sp³-hybridized carbons (Fsp3) is 0.467. The highest BCUT2D eigenvalue weighted by Crippen LogP contribution is 2.58. The monoisotopic (exact) mass is 260 g/mol. The van der Waals surface area contributed by atoms with Gasteiger partial charge in [-0.25, -0.2) is 0 Å². The van der Waals surface area contributed by atoms with Crippen LogP contribution in [0, 0.1) is 17.8 Å². The van der Waals surface area contributed by atoms with Crippen molar-refractivity contribution in [3.8, 4) is 18.1 Å². The van der Waals surface area contributed by atoms with Crippen LogP contribution in [-0.4, -0.2) is 14.0 Å². The molecule has 1 aliphatic carbocycles. The molecular weight excluding hydrogens is 242 g/mol. The number of benzene rings is 1. The predicted octanol–water partition coefficient (Wildman–Crippen LogP) is 3.31. The van der Waals surface area contributed by atoms with Gasteiger partial charge in [-0.3, -0.25) is 0 Å². The molecule has 0 radical (unpaired) electrons. The largest absolute Gasteiger partial charge is 0.490 e. The molecule has 1 aliphatic rings. The Morgan fingerprint density at radius 1 is 1.44 bits per heavy atom. The summed E-state index contributed by atoms with van der Waals surface area (Å²) in [5.74, 6) is 3.34. The van der Waals surface area contributed by atoms with E-state index in [1.807, 2.05) is 12.1 Å². The highest BCUT2D eigenvalue weighted by Gasteiger charge is 2.54. The molecule has 18 heavy (non-hydrogen) atoms. The van der Waals surface area contributed by atoms with E-state index in [4.69, 9.17) is 22.8 Å². The number of rotatable bonds is 2. The van der Waals surface area contributed by atoms with E-state index >= 15 is 0 Å². The van der Waals surface area contributed by atoms with Crippen LogP contribution in [0.4, 0.5) is 0 Å². The molecule has 0 aromatic heterocycles. The SMILES string of the molecule is BC1(C)CC(C)(C)C1Oc1ccc(C#C)c(Cl)c1. The van der Waals surface area contributed by atoms with Crippen LogP contribution in [0.2, 0.25) is 10.3 Å². The smallest absolute Gasteiger partial charge is 0.121 e. The van der Waals surface area contributed by atoms with E-state index in [1.165, 1.54) is 6.42 Å². The van der Waals surface area contributed by atoms with Crippen LogP contribution in [0.3, 0.4) is 0 Å². The van der Waals surface area contributed by atoms with Crippen molar-refractivity contribution in [3.05, 3.63) is 28.8 Å². The van der Waals surface area contributed by atoms with E-state index in [0.717, 1.165) is 5.75 Å². The molecule has 1 aromatic carbocycles. The zero-order chi connectivity index (χ0) is 13.6. The first kappa shape index (κ1) is 13.4. The summed E-state index contributed by atoms with van der Waals surface area (Å²) in [5.41, 5.74) is 0.914. The summed E-state index contributed by atoms with van der Waals surface area (Å²) < 4.78 is 6.11. The lowest BCUT2D eigenvalue weighted by molar-refractivity contribution is -0.0600. The zero-order valence-electron chi connectivity index (χ0n) is 11.4. The maximum Gasteiger partial charge on any atom is 0.121 e. The standard InChI is InChI=1S/C15H18BClO/c1-5-10-6-7-11(8-12(10)17)18-13-14(2,3)9-15(13,4)16/h1,6-8,13H,9,16H2,2-4H3. The minimum atomic E-state index is 0.206. The molecule has 2 atom stereocenters. The average molecular weight is 261 g/mol. The molecule has 2 unspecified atom stereocenters. The van der Waals surface area contributed by atoms with Crippen LogP contribution in [-0.2, 0) is 0 Å². The molecule has 94 valence electrons. The van der Waals surface area contributed by atoms with Gasteiger partial charge in [0.15, 0.2) is 0 Å². The second kappa shape index (κ2) is 4.25. The van der Waals surface area contributed by atoms with Crippen molar-refractivity contribution in [2.24, 2.45) is 5.41 Å². The summed E-state index contributed by atoms with van der Waals surface area (Å²) in [6, 6.07) is 5.53. The molecule has 1 aromatic rings. The summed E-state index contributed by atoms with van der Waals surface area (Å²) >= 11 is 6.09. The molecule has 0 heterocycles. The first-order valence-corrected chi connectivity index (χ1v) is 6.57. The summed E-state index contributed by atoms with van der Waals surface area (Å²) in [5, 5.41) is 0.783. The lowest BCUT2D eigenvalue weighted by atomic mass is 9.44. The van der Waals surface area contributed by atoms with Gasteiger partial charge in [-0.15, -0.1) is 6.42 Å². The second-order valence-corrected chi connectivity index (χ2v) is 6.85. The Hall–Kier alpha value is -1.07. The lowest BCUT2D eigenvalue weighted by Crippen LogP contribution is -2.55. The van der Waals surface area contributed by atoms with Gasteiger partial charge in [-0.05, 0) is 23.9 Å². The Kier molecular flexibility index (Phi) is 3.15. The number of hydrogen-bond donors (Lipinski definition) is 0. The van der Waals surface area contributed by atoms with E-state index < -0.39 is 0 Å². The molecule has 1 nitrogen and oxygen atoms in total. The first-order valence-electron chi connectivity index (χ1n) is 6.19. The van der Waals surface area contributed by atoms with Gasteiger partial charge in [0, 0.05) is 17.0 Å². The lowest BCUT2D eigenvalue weighted by Gasteiger charge is -2.57. The highest BCUT2D eigenvalue weighted by molar-refractivity contribution is 6.31. The molecule has 1 saturated carbocycles. The van der Waals surface area contributed by atoms with Gasteiger partial charge in [-0.2, -0.15) is 0 Å². The Labute approximate surface area is 115 Å². The zero-order valence-corrected chi connectivity index (χ0v) is 12.1. The Morgan fingerprint density at radius 3 is 2.56 bits per heavy atom. The van der Waals surface area contributed by atoms with Gasteiger partial charge >= 0.3 is 0 Å². The minimum absolute atomic E-state index is 0.206. The van der Waals surface area contributed by atoms with Gasteiger partial charge < -0.3 is 4.74 Å². The molecule has 0 saturated heterocycles. The fourth-order valence-corrected chi connectivity index (χ4v) is 3.65. The van der Waals surface area contributed by atoms with Crippen LogP contribution >= 0.6 is 11.6 Å². The van der Waals surface area contributed by atoms with E-state index in [9.17, 15) is 0 Å². The molecule has 0 spiro atoms. The van der Waals surface area contributed by atoms with Crippen molar-refractivity contribution in [1.82, 2.24) is 0 Å². The molecule has 0 N–H and O–H groups in total. The van der Waals surface area contributed by atoms with Gasteiger partial charge in [0.1, 0.15) is 19.7 Å². The van der Waals surface area contributed by atoms with Crippen molar-refractivity contribution < 1.29 is 4.74 Å². The van der Waals surface area contributed by atoms with Crippen molar-refractivity contribution in [3.63, 3.8) is 0 Å². The van der Waals surface area contributed by atoms with Gasteiger partial charge in [-0.1, -0.05) is 38.3 Å². The quantitative estimate of drug-likeness (QED) is 0.585. The van der Waals surface area contributed by atoms with Crippen molar-refractivity contribution >= 4 is 19.4 Å². The Bertz CT molecular complexity index is 500. The van der Waals surface area contributed by atoms with E-state index in [1.54, 1.807) is 6.07 Å². The van der Waals surface area contributed by atoms with Crippen molar-refractivity contribution in [2.75, 3.05) is 0 Å². The van der Waals surface area contributed by atoms with Crippen LogP contribution < -0.4 is 4.74 Å². The summed E-state index contributed by atoms with van der Waals surface area (Å²) in [6.07, 6.45) is 6.72. The molecule has 0 amide bonds. The molecule has 0 aliphatic heterocycles. The van der Waals surface area contributed by atoms with Crippen LogP contribution in [0.15, 0.2) is 18.2 Å². The first-order chi connectivity index (χ1) is 8.26. The maximum absolute atomic E-state index is 6.11. The van der Waals surface area contributed by atoms with Gasteiger partial charge in [0.25, 0.3) is 0 Å². The third-order valence-electron chi connectivity index (χ3n) is 3.68. The van der Waals surface area contributed by atoms with Crippen LogP contribution in [0.1, 0.15) is 32.8 Å². The number of terminal acetylenes is 1. The topological polar surface area (TPSA) is 9.23 Å². The van der Waals surface area contributed by atoms with Gasteiger partial charge in [0.2, 0.25) is 0 Å². The molecule has 2 rings (SSSR count). The third-order valence-corrected chi connectivity index (χ3v) is 3.99. The Morgan fingerprint density at radius 2 is 2.11 bits per heavy atom. The summed E-state index contributed by atoms with van der Waals surface area (Å²) in [7, 11) is 2.24. The van der Waals surface area contributed by atoms with Crippen LogP contribution in [0.25, 0.3) is 0 Å². The predicted molar refractivity (Wildman–Crippen MR) is 79.1 cm³/mol. The number of ether oxygens (including phenoxy) is 1. The third kappa shape index (κ3) is 2.25. The van der Waals surface area contributed by atoms with E-state index in [2.05, 4.69) is 34.5 Å². The molecule has 1 fully saturated rings. The fourth-order valence-electron chi connectivity index (χ4n) is 3.43. The molecular formula is C15H18BClO. The molecule has 3 heteroatoms. The van der Waals surface area contributed by atoms with Crippen molar-refractivity contribution in [2.45, 2.75) is 38.6 Å². The van der Waals surface area contributed by atoms with E-state index in [-0.39, 0.29) is 16.8 Å². The normalized spacial score (nSPS) is 29.2. The van der Waals surface area contributed by atoms with Gasteiger partial charge in [0.05, 0.1) is 5.02 Å². The Balaban J connectivity index is 2.20. The highest BCUT2D eigenvalue weighted by atomic mass is 35.5. The average Bonchev–Trinajstić information content (AvgIpc) is 2.24. The number of hydrogen-bond acceptors (Lipinski definition) is 1. The second-order valence-electron chi connectivity index (χ2n) is 6.44. The summed E-state index contributed by atoms with van der Waals surface area (Å²) in [6.45, 7) is 6.71. The maximum atomic E-state index is 6.11. The minimum Gasteiger partial charge on any atom is -0.490 e. The number of halogens is 1. The summed E-state index contributed by atoms with van der Waals surface area (Å²) in [4.78, 5) is 0. The van der Waals surface area contributed by atoms with Crippen LogP contribution in [0.5, 0.6) is 5.75 Å². The molecule has 0 bridgehead atoms. The van der Waals surface area contributed by atoms with Crippen molar-refractivity contribution in [1.29, 1.82) is 0 Å². The van der Waals surface area contributed by atoms with E-state index in [0.29, 0.717) is 10.6 Å².